The summed E-state index contributed by atoms with van der Waals surface area (Å²) in [4.78, 5) is 26.0. The minimum Gasteiger partial charge on any atom is -0.478 e. The molecule has 5 heteroatoms. The van der Waals surface area contributed by atoms with E-state index in [4.69, 9.17) is 16.3 Å². The third kappa shape index (κ3) is 4.15. The Bertz CT molecular complexity index is 734. The maximum Gasteiger partial charge on any atom is 0.265 e. The lowest BCUT2D eigenvalue weighted by Gasteiger charge is -2.28. The van der Waals surface area contributed by atoms with Crippen LogP contribution in [0.15, 0.2) is 48.5 Å². The summed E-state index contributed by atoms with van der Waals surface area (Å²) in [5.74, 6) is 0.300. The number of likely N-dealkylation sites (N-methyl/N-ethyl adjacent to an activating group) is 1. The van der Waals surface area contributed by atoms with Crippen molar-refractivity contribution >= 4 is 23.3 Å². The normalized spacial score (nSPS) is 11.0. The van der Waals surface area contributed by atoms with Gasteiger partial charge in [0.1, 0.15) is 5.75 Å². The van der Waals surface area contributed by atoms with E-state index in [2.05, 4.69) is 0 Å². The minimum atomic E-state index is -0.981. The molecule has 0 N–H and O–H groups in total. The third-order valence-corrected chi connectivity index (χ3v) is 3.77. The van der Waals surface area contributed by atoms with E-state index >= 15 is 0 Å². The van der Waals surface area contributed by atoms with Gasteiger partial charge in [0.2, 0.25) is 0 Å². The summed E-state index contributed by atoms with van der Waals surface area (Å²) >= 11 is 5.83. The molecule has 24 heavy (non-hydrogen) atoms. The van der Waals surface area contributed by atoms with E-state index in [1.807, 2.05) is 0 Å². The first-order valence-electron chi connectivity index (χ1n) is 7.52. The van der Waals surface area contributed by atoms with Crippen molar-refractivity contribution in [3.05, 3.63) is 64.7 Å². The standard InChI is InChI=1S/C19H20ClNO3/c1-19(2,18(23)21(3)4)24-16-11-7-14(8-12-16)17(22)13-5-9-15(20)10-6-13/h5-12H,1-4H3. The maximum absolute atomic E-state index is 12.4. The van der Waals surface area contributed by atoms with Gasteiger partial charge < -0.3 is 9.64 Å². The van der Waals surface area contributed by atoms with Gasteiger partial charge in [-0.1, -0.05) is 11.6 Å². The fourth-order valence-corrected chi connectivity index (χ4v) is 2.45. The number of benzene rings is 2. The highest BCUT2D eigenvalue weighted by molar-refractivity contribution is 6.30. The molecular weight excluding hydrogens is 326 g/mol. The quantitative estimate of drug-likeness (QED) is 0.774. The van der Waals surface area contributed by atoms with Crippen molar-refractivity contribution in [2.75, 3.05) is 14.1 Å². The second kappa shape index (κ2) is 7.05. The average molecular weight is 346 g/mol. The molecule has 0 aliphatic carbocycles. The Kier molecular flexibility index (Phi) is 5.30. The molecule has 0 saturated carbocycles. The van der Waals surface area contributed by atoms with Gasteiger partial charge in [0.15, 0.2) is 11.4 Å². The lowest BCUT2D eigenvalue weighted by molar-refractivity contribution is -0.142. The molecule has 126 valence electrons. The van der Waals surface area contributed by atoms with Gasteiger partial charge in [-0.05, 0) is 62.4 Å². The van der Waals surface area contributed by atoms with E-state index in [9.17, 15) is 9.59 Å². The molecule has 2 aromatic carbocycles. The van der Waals surface area contributed by atoms with E-state index in [0.717, 1.165) is 0 Å². The zero-order valence-corrected chi connectivity index (χ0v) is 14.9. The number of nitrogens with zero attached hydrogens (tertiary/aromatic N) is 1. The molecule has 0 saturated heterocycles. The second-order valence-electron chi connectivity index (χ2n) is 6.17. The van der Waals surface area contributed by atoms with Gasteiger partial charge in [0.25, 0.3) is 5.91 Å². The van der Waals surface area contributed by atoms with E-state index in [1.165, 1.54) is 4.90 Å². The molecule has 0 radical (unpaired) electrons. The first-order valence-corrected chi connectivity index (χ1v) is 7.89. The number of ether oxygens (including phenoxy) is 1. The number of ketones is 1. The van der Waals surface area contributed by atoms with Gasteiger partial charge in [-0.2, -0.15) is 0 Å². The Balaban J connectivity index is 2.14. The van der Waals surface area contributed by atoms with Crippen molar-refractivity contribution in [3.63, 3.8) is 0 Å². The number of hydrogen-bond donors (Lipinski definition) is 0. The zero-order valence-electron chi connectivity index (χ0n) is 14.2. The van der Waals surface area contributed by atoms with Gasteiger partial charge in [0, 0.05) is 30.2 Å². The van der Waals surface area contributed by atoms with Crippen LogP contribution < -0.4 is 4.74 Å². The summed E-state index contributed by atoms with van der Waals surface area (Å²) in [5, 5.41) is 0.586. The van der Waals surface area contributed by atoms with Crippen LogP contribution in [0.5, 0.6) is 5.75 Å². The van der Waals surface area contributed by atoms with Gasteiger partial charge >= 0.3 is 0 Å². The molecule has 1 amide bonds. The molecule has 4 nitrogen and oxygen atoms in total. The first-order chi connectivity index (χ1) is 11.2. The number of carbonyl (C=O) groups is 2. The fourth-order valence-electron chi connectivity index (χ4n) is 2.32. The van der Waals surface area contributed by atoms with Crippen LogP contribution in [0.3, 0.4) is 0 Å². The molecule has 2 aromatic rings. The topological polar surface area (TPSA) is 46.6 Å². The van der Waals surface area contributed by atoms with Crippen LogP contribution in [0.1, 0.15) is 29.8 Å². The lowest BCUT2D eigenvalue weighted by atomic mass is 10.0. The smallest absolute Gasteiger partial charge is 0.265 e. The molecule has 2 rings (SSSR count). The SMILES string of the molecule is CN(C)C(=O)C(C)(C)Oc1ccc(C(=O)c2ccc(Cl)cc2)cc1. The predicted octanol–water partition coefficient (Wildman–Crippen LogP) is 3.82. The van der Waals surface area contributed by atoms with Crippen LogP contribution in [-0.4, -0.2) is 36.3 Å². The van der Waals surface area contributed by atoms with Gasteiger partial charge in [-0.3, -0.25) is 9.59 Å². The third-order valence-electron chi connectivity index (χ3n) is 3.52. The Labute approximate surface area is 147 Å². The number of amides is 1. The van der Waals surface area contributed by atoms with Crippen LogP contribution in [-0.2, 0) is 4.79 Å². The van der Waals surface area contributed by atoms with Gasteiger partial charge in [-0.25, -0.2) is 0 Å². The molecule has 0 unspecified atom stereocenters. The van der Waals surface area contributed by atoms with Crippen LogP contribution >= 0.6 is 11.6 Å². The molecule has 0 aromatic heterocycles. The van der Waals surface area contributed by atoms with Crippen LogP contribution in [0.25, 0.3) is 0 Å². The number of hydrogen-bond acceptors (Lipinski definition) is 3. The van der Waals surface area contributed by atoms with Crippen LogP contribution in [0, 0.1) is 0 Å². The average Bonchev–Trinajstić information content (AvgIpc) is 2.54. The number of halogens is 1. The summed E-state index contributed by atoms with van der Waals surface area (Å²) in [6.45, 7) is 3.42. The van der Waals surface area contributed by atoms with E-state index in [0.29, 0.717) is 21.9 Å². The molecule has 0 fully saturated rings. The monoisotopic (exact) mass is 345 g/mol. The summed E-state index contributed by atoms with van der Waals surface area (Å²) < 4.78 is 5.76. The molecule has 0 aliphatic heterocycles. The molecule has 0 heterocycles. The van der Waals surface area contributed by atoms with Crippen molar-refractivity contribution in [3.8, 4) is 5.75 Å². The van der Waals surface area contributed by atoms with Crippen molar-refractivity contribution in [1.82, 2.24) is 4.90 Å². The minimum absolute atomic E-state index is 0.0955. The van der Waals surface area contributed by atoms with E-state index < -0.39 is 5.60 Å². The Morgan fingerprint density at radius 3 is 1.83 bits per heavy atom. The van der Waals surface area contributed by atoms with E-state index in [-0.39, 0.29) is 11.7 Å². The van der Waals surface area contributed by atoms with Crippen LogP contribution in [0.2, 0.25) is 5.02 Å². The highest BCUT2D eigenvalue weighted by Crippen LogP contribution is 2.22. The summed E-state index contributed by atoms with van der Waals surface area (Å²) in [5.41, 5.74) is 0.128. The Hall–Kier alpha value is -2.33. The fraction of sp³-hybridized carbons (Fsp3) is 0.263. The molecule has 0 aliphatic rings. The van der Waals surface area contributed by atoms with Crippen molar-refractivity contribution in [2.24, 2.45) is 0 Å². The second-order valence-corrected chi connectivity index (χ2v) is 6.61. The molecule has 0 atom stereocenters. The number of rotatable bonds is 5. The largest absolute Gasteiger partial charge is 0.478 e. The predicted molar refractivity (Wildman–Crippen MR) is 94.7 cm³/mol. The van der Waals surface area contributed by atoms with Gasteiger partial charge in [0.05, 0.1) is 0 Å². The first kappa shape index (κ1) is 18.0. The summed E-state index contributed by atoms with van der Waals surface area (Å²) in [7, 11) is 3.36. The maximum atomic E-state index is 12.4. The summed E-state index contributed by atoms with van der Waals surface area (Å²) in [6.07, 6.45) is 0. The van der Waals surface area contributed by atoms with Gasteiger partial charge in [-0.15, -0.1) is 0 Å². The Morgan fingerprint density at radius 1 is 0.917 bits per heavy atom. The highest BCUT2D eigenvalue weighted by atomic mass is 35.5. The highest BCUT2D eigenvalue weighted by Gasteiger charge is 2.31. The number of carbonyl (C=O) groups excluding carboxylic acids is 2. The molecule has 0 bridgehead atoms. The molecular formula is C19H20ClNO3. The van der Waals surface area contributed by atoms with E-state index in [1.54, 1.807) is 76.5 Å². The van der Waals surface area contributed by atoms with Crippen molar-refractivity contribution in [1.29, 1.82) is 0 Å². The Morgan fingerprint density at radius 2 is 1.38 bits per heavy atom. The van der Waals surface area contributed by atoms with Crippen molar-refractivity contribution < 1.29 is 14.3 Å². The van der Waals surface area contributed by atoms with Crippen molar-refractivity contribution in [2.45, 2.75) is 19.4 Å². The summed E-state index contributed by atoms with van der Waals surface area (Å²) in [6, 6.07) is 13.5. The van der Waals surface area contributed by atoms with Crippen LogP contribution in [0.4, 0.5) is 0 Å². The lowest BCUT2D eigenvalue weighted by Crippen LogP contribution is -2.45. The zero-order chi connectivity index (χ0) is 17.9. The molecule has 0 spiro atoms.